The minimum Gasteiger partial charge on any atom is -0.394 e. The molecule has 19 nitrogen and oxygen atoms in total. The van der Waals surface area contributed by atoms with E-state index in [-0.39, 0.29) is 18.9 Å². The topological polar surface area (TPSA) is 307 Å². The molecule has 0 spiro atoms. The van der Waals surface area contributed by atoms with Gasteiger partial charge in [-0.2, -0.15) is 0 Å². The molecule has 604 valence electrons. The normalized spacial score (nSPS) is 26.4. The van der Waals surface area contributed by atoms with Crippen LogP contribution < -0.4 is 5.32 Å². The predicted octanol–water partition coefficient (Wildman–Crippen LogP) is 14.3. The highest BCUT2D eigenvalue weighted by molar-refractivity contribution is 5.76. The fraction of sp³-hybridized carbons (Fsp3) is 0.756. The van der Waals surface area contributed by atoms with Crippen molar-refractivity contribution in [1.82, 2.24) is 5.32 Å². The van der Waals surface area contributed by atoms with E-state index in [9.17, 15) is 61.0 Å². The van der Waals surface area contributed by atoms with Crippen molar-refractivity contribution in [3.05, 3.63) is 122 Å². The minimum atomic E-state index is -1.98. The number of aliphatic hydroxyl groups excluding tert-OH is 11. The average Bonchev–Trinajstić information content (AvgIpc) is 0.780. The monoisotopic (exact) mass is 1480 g/mol. The van der Waals surface area contributed by atoms with E-state index < -0.39 is 124 Å². The SMILES string of the molecule is CC/C=C\C/C=C\C/C=C\C/C=C\C/C=C\C/C=C\C/C=C\C/C=C\C/C=C\CCCCCCCCCCCCCC(=O)NC(COC1OC(CO)C(OC2OC(CO)C(OC3OC(CO)C(O)C(O)C3O)C(O)C2O)C(O)C1O)C(O)/C=C/CCCCCCCCCCCCCCCCCCCCC. The molecule has 17 unspecified atom stereocenters. The lowest BCUT2D eigenvalue weighted by Crippen LogP contribution is -2.66. The molecule has 105 heavy (non-hydrogen) atoms. The van der Waals surface area contributed by atoms with Gasteiger partial charge in [-0.1, -0.05) is 309 Å². The van der Waals surface area contributed by atoms with Gasteiger partial charge in [0.25, 0.3) is 0 Å². The van der Waals surface area contributed by atoms with Crippen LogP contribution in [0.15, 0.2) is 122 Å². The van der Waals surface area contributed by atoms with Crippen molar-refractivity contribution in [3.63, 3.8) is 0 Å². The van der Waals surface area contributed by atoms with E-state index in [0.29, 0.717) is 6.42 Å². The van der Waals surface area contributed by atoms with Gasteiger partial charge in [-0.25, -0.2) is 0 Å². The number of rotatable bonds is 64. The third-order valence-electron chi connectivity index (χ3n) is 19.8. The van der Waals surface area contributed by atoms with Gasteiger partial charge in [0, 0.05) is 6.42 Å². The zero-order valence-electron chi connectivity index (χ0n) is 64.7. The summed E-state index contributed by atoms with van der Waals surface area (Å²) < 4.78 is 34.5. The highest BCUT2D eigenvalue weighted by Gasteiger charge is 2.54. The number of hydrogen-bond donors (Lipinski definition) is 12. The summed E-state index contributed by atoms with van der Waals surface area (Å²) in [6.07, 6.45) is 64.6. The van der Waals surface area contributed by atoms with Gasteiger partial charge in [0.15, 0.2) is 18.9 Å². The lowest BCUT2D eigenvalue weighted by atomic mass is 9.96. The smallest absolute Gasteiger partial charge is 0.220 e. The number of hydrogen-bond acceptors (Lipinski definition) is 18. The quantitative estimate of drug-likeness (QED) is 0.0199. The summed E-state index contributed by atoms with van der Waals surface area (Å²) in [4.78, 5) is 13.5. The van der Waals surface area contributed by atoms with E-state index in [4.69, 9.17) is 28.4 Å². The van der Waals surface area contributed by atoms with Crippen molar-refractivity contribution in [2.45, 2.75) is 388 Å². The van der Waals surface area contributed by atoms with E-state index in [1.54, 1.807) is 6.08 Å². The Morgan fingerprint density at radius 3 is 1.03 bits per heavy atom. The van der Waals surface area contributed by atoms with Crippen molar-refractivity contribution in [3.8, 4) is 0 Å². The van der Waals surface area contributed by atoms with Crippen LogP contribution in [0.25, 0.3) is 0 Å². The van der Waals surface area contributed by atoms with Gasteiger partial charge < -0.3 is 89.9 Å². The highest BCUT2D eigenvalue weighted by atomic mass is 16.8. The van der Waals surface area contributed by atoms with Crippen molar-refractivity contribution in [1.29, 1.82) is 0 Å². The van der Waals surface area contributed by atoms with Gasteiger partial charge in [-0.15, -0.1) is 0 Å². The van der Waals surface area contributed by atoms with Crippen LogP contribution in [0.5, 0.6) is 0 Å². The Morgan fingerprint density at radius 2 is 0.657 bits per heavy atom. The Kier molecular flexibility index (Phi) is 59.0. The second-order valence-electron chi connectivity index (χ2n) is 28.9. The third-order valence-corrected chi connectivity index (χ3v) is 19.8. The van der Waals surface area contributed by atoms with Crippen molar-refractivity contribution in [2.24, 2.45) is 0 Å². The Bertz CT molecular complexity index is 2370. The number of aliphatic hydroxyl groups is 11. The molecule has 1 amide bonds. The molecule has 0 aromatic rings. The zero-order valence-corrected chi connectivity index (χ0v) is 64.7. The number of nitrogens with one attached hydrogen (secondary N) is 1. The fourth-order valence-electron chi connectivity index (χ4n) is 13.2. The number of carbonyl (C=O) groups is 1. The van der Waals surface area contributed by atoms with Gasteiger partial charge in [0.2, 0.25) is 5.91 Å². The summed E-state index contributed by atoms with van der Waals surface area (Å²) in [5.41, 5.74) is 0. The summed E-state index contributed by atoms with van der Waals surface area (Å²) in [7, 11) is 0. The van der Waals surface area contributed by atoms with Gasteiger partial charge in [0.05, 0.1) is 38.6 Å². The zero-order chi connectivity index (χ0) is 76.0. The molecule has 3 aliphatic rings. The van der Waals surface area contributed by atoms with Gasteiger partial charge in [0.1, 0.15) is 73.2 Å². The van der Waals surface area contributed by atoms with Crippen LogP contribution in [0.1, 0.15) is 284 Å². The summed E-state index contributed by atoms with van der Waals surface area (Å²) in [6, 6.07) is -0.984. The number of ether oxygens (including phenoxy) is 6. The molecule has 3 heterocycles. The number of carbonyl (C=O) groups excluding carboxylic acids is 1. The molecular weight excluding hydrogens is 1330 g/mol. The van der Waals surface area contributed by atoms with E-state index in [0.717, 1.165) is 116 Å². The molecule has 17 atom stereocenters. The van der Waals surface area contributed by atoms with E-state index in [1.807, 2.05) is 6.08 Å². The van der Waals surface area contributed by atoms with Gasteiger partial charge in [-0.3, -0.25) is 4.79 Å². The van der Waals surface area contributed by atoms with Crippen LogP contribution in [-0.4, -0.2) is 193 Å². The molecule has 3 saturated heterocycles. The highest BCUT2D eigenvalue weighted by Crippen LogP contribution is 2.33. The van der Waals surface area contributed by atoms with Crippen LogP contribution in [0, 0.1) is 0 Å². The maximum Gasteiger partial charge on any atom is 0.220 e. The summed E-state index contributed by atoms with van der Waals surface area (Å²) >= 11 is 0. The second-order valence-corrected chi connectivity index (χ2v) is 28.9. The summed E-state index contributed by atoms with van der Waals surface area (Å²) in [5, 5.41) is 121. The summed E-state index contributed by atoms with van der Waals surface area (Å²) in [6.45, 7) is 1.64. The summed E-state index contributed by atoms with van der Waals surface area (Å²) in [5.74, 6) is -0.281. The molecule has 19 heteroatoms. The predicted molar refractivity (Wildman–Crippen MR) is 420 cm³/mol. The van der Waals surface area contributed by atoms with Gasteiger partial charge in [-0.05, 0) is 89.9 Å². The number of unbranched alkanes of at least 4 members (excludes halogenated alkanes) is 30. The van der Waals surface area contributed by atoms with Crippen LogP contribution in [0.3, 0.4) is 0 Å². The van der Waals surface area contributed by atoms with Crippen molar-refractivity contribution in [2.75, 3.05) is 26.4 Å². The first kappa shape index (κ1) is 95.4. The van der Waals surface area contributed by atoms with Crippen LogP contribution >= 0.6 is 0 Å². The van der Waals surface area contributed by atoms with Crippen molar-refractivity contribution >= 4 is 5.91 Å². The minimum absolute atomic E-state index is 0.233. The number of allylic oxidation sites excluding steroid dienone is 19. The van der Waals surface area contributed by atoms with E-state index in [2.05, 4.69) is 129 Å². The maximum atomic E-state index is 13.5. The molecule has 0 radical (unpaired) electrons. The van der Waals surface area contributed by atoms with Gasteiger partial charge >= 0.3 is 0 Å². The van der Waals surface area contributed by atoms with E-state index in [1.165, 1.54) is 141 Å². The molecule has 3 aliphatic heterocycles. The van der Waals surface area contributed by atoms with Crippen LogP contribution in [0.4, 0.5) is 0 Å². The molecule has 0 aromatic carbocycles. The molecule has 3 rings (SSSR count). The fourth-order valence-corrected chi connectivity index (χ4v) is 13.2. The Hall–Kier alpha value is -3.81. The Morgan fingerprint density at radius 1 is 0.352 bits per heavy atom. The molecule has 12 N–H and O–H groups in total. The third kappa shape index (κ3) is 44.6. The molecule has 0 aliphatic carbocycles. The molecular formula is C86H147NO18. The number of amides is 1. The van der Waals surface area contributed by atoms with E-state index >= 15 is 0 Å². The standard InChI is InChI=1S/C86H147NO18/c1-3-5-7-9-11-13-15-17-19-21-23-25-26-27-28-29-30-31-32-33-34-35-36-37-38-39-40-41-42-44-46-48-50-52-54-56-58-60-62-64-74(92)87-69(70(91)63-61-59-57-55-53-51-49-47-45-43-24-22-20-18-16-14-12-10-8-6-4-2)68-100-84-80(98)77(95)82(72(66-89)102-84)105-86-81(99)78(96)83(73(67-90)103-86)104-85-79(97)76(94)75(93)71(65-88)101-85/h5,7,11,13,17,19,23,25,27-28,30-31,33-34,36-37,39-40,61,63,69-73,75-86,88-91,93-99H,3-4,6,8-10,12,14-16,18,20-22,24,26,29,32,35,38,41-60,62,64-68H2,1-2H3,(H,87,92)/b7-5-,13-11-,19-17-,25-23-,28-27-,31-30-,34-33-,37-36-,40-39-,63-61+. The molecule has 3 fully saturated rings. The second kappa shape index (κ2) is 65.0. The first-order valence-corrected chi connectivity index (χ1v) is 41.3. The lowest BCUT2D eigenvalue weighted by molar-refractivity contribution is -0.379. The molecule has 0 bridgehead atoms. The first-order chi connectivity index (χ1) is 51.3. The molecule has 0 aromatic heterocycles. The lowest BCUT2D eigenvalue weighted by Gasteiger charge is -2.48. The Labute approximate surface area is 633 Å². The molecule has 0 saturated carbocycles. The average molecular weight is 1480 g/mol. The Balaban J connectivity index is 1.35. The largest absolute Gasteiger partial charge is 0.394 e. The van der Waals surface area contributed by atoms with Crippen LogP contribution in [0.2, 0.25) is 0 Å². The van der Waals surface area contributed by atoms with Crippen molar-refractivity contribution < 1.29 is 89.4 Å². The maximum absolute atomic E-state index is 13.5. The van der Waals surface area contributed by atoms with Crippen LogP contribution in [-0.2, 0) is 33.2 Å². The first-order valence-electron chi connectivity index (χ1n) is 41.3.